The highest BCUT2D eigenvalue weighted by Gasteiger charge is 2.42. The van der Waals surface area contributed by atoms with Crippen molar-refractivity contribution in [3.63, 3.8) is 0 Å². The van der Waals surface area contributed by atoms with Crippen molar-refractivity contribution in [2.45, 2.75) is 0 Å². The van der Waals surface area contributed by atoms with Crippen LogP contribution in [0.2, 0.25) is 20.1 Å². The second kappa shape index (κ2) is 8.09. The number of carbonyl (C=O) groups is 2. The minimum atomic E-state index is -0.645. The summed E-state index contributed by atoms with van der Waals surface area (Å²) in [4.78, 5) is 26.8. The smallest absolute Gasteiger partial charge is 0.267 e. The number of carbonyl (C=O) groups excluding carboxylic acids is 2. The first kappa shape index (κ1) is 21.5. The number of imide groups is 1. The topological polar surface area (TPSA) is 77.8 Å². The Bertz CT molecular complexity index is 1240. The lowest BCUT2D eigenvalue weighted by molar-refractivity contribution is 0.0926. The second-order valence-electron chi connectivity index (χ2n) is 6.62. The summed E-state index contributed by atoms with van der Waals surface area (Å²) >= 11 is 24.4. The Labute approximate surface area is 196 Å². The molecule has 1 aliphatic rings. The Morgan fingerprint density at radius 1 is 0.645 bits per heavy atom. The third kappa shape index (κ3) is 3.64. The first-order valence-corrected chi connectivity index (χ1v) is 10.3. The highest BCUT2D eigenvalue weighted by molar-refractivity contribution is 6.56. The van der Waals surface area contributed by atoms with Gasteiger partial charge in [0.05, 0.1) is 36.9 Å². The molecule has 3 aromatic carbocycles. The third-order valence-corrected chi connectivity index (χ3v) is 6.52. The Morgan fingerprint density at radius 3 is 1.65 bits per heavy atom. The number of rotatable bonds is 3. The lowest BCUT2D eigenvalue weighted by Gasteiger charge is -2.14. The molecule has 0 aromatic heterocycles. The predicted molar refractivity (Wildman–Crippen MR) is 123 cm³/mol. The Balaban J connectivity index is 1.64. The fourth-order valence-corrected chi connectivity index (χ4v) is 4.17. The summed E-state index contributed by atoms with van der Waals surface area (Å²) < 4.78 is 0. The van der Waals surface area contributed by atoms with E-state index in [-0.39, 0.29) is 42.7 Å². The molecule has 3 aromatic rings. The van der Waals surface area contributed by atoms with Crippen LogP contribution in [0.4, 0.5) is 5.69 Å². The molecular weight excluding hydrogens is 484 g/mol. The molecule has 0 spiro atoms. The number of halogens is 4. The van der Waals surface area contributed by atoms with Crippen molar-refractivity contribution in [3.8, 4) is 11.5 Å². The highest BCUT2D eigenvalue weighted by Crippen LogP contribution is 2.45. The molecule has 1 aliphatic heterocycles. The van der Waals surface area contributed by atoms with E-state index in [4.69, 9.17) is 46.4 Å². The minimum absolute atomic E-state index is 0.0813. The van der Waals surface area contributed by atoms with Gasteiger partial charge in [-0.15, -0.1) is 0 Å². The zero-order valence-electron chi connectivity index (χ0n) is 15.4. The SMILES string of the molecule is O=C1c2c(Cl)c(Cl)c(Cl)c(Cl)c2C(=O)N1c1ccc(/C=C/c2ccc(O)c(O)c2)cc1. The van der Waals surface area contributed by atoms with E-state index in [1.807, 2.05) is 0 Å². The van der Waals surface area contributed by atoms with Crippen molar-refractivity contribution in [2.24, 2.45) is 0 Å². The molecule has 9 heteroatoms. The summed E-state index contributed by atoms with van der Waals surface area (Å²) in [5.74, 6) is -1.72. The van der Waals surface area contributed by atoms with Gasteiger partial charge in [0.15, 0.2) is 11.5 Å². The van der Waals surface area contributed by atoms with Crippen LogP contribution in [0.3, 0.4) is 0 Å². The van der Waals surface area contributed by atoms with E-state index < -0.39 is 11.8 Å². The summed E-state index contributed by atoms with van der Waals surface area (Å²) in [6.45, 7) is 0. The highest BCUT2D eigenvalue weighted by atomic mass is 35.5. The number of benzene rings is 3. The Hall–Kier alpha value is -2.70. The molecule has 5 nitrogen and oxygen atoms in total. The molecule has 31 heavy (non-hydrogen) atoms. The maximum absolute atomic E-state index is 12.9. The molecule has 0 fully saturated rings. The fourth-order valence-electron chi connectivity index (χ4n) is 3.15. The summed E-state index contributed by atoms with van der Waals surface area (Å²) in [5.41, 5.74) is 1.61. The molecule has 156 valence electrons. The number of phenols is 2. The van der Waals surface area contributed by atoms with Gasteiger partial charge in [0.25, 0.3) is 11.8 Å². The first-order valence-electron chi connectivity index (χ1n) is 8.75. The summed E-state index contributed by atoms with van der Waals surface area (Å²) in [6, 6.07) is 11.1. The number of amides is 2. The number of aromatic hydroxyl groups is 2. The van der Waals surface area contributed by atoms with Crippen molar-refractivity contribution in [1.29, 1.82) is 0 Å². The molecule has 0 bridgehead atoms. The van der Waals surface area contributed by atoms with E-state index in [0.29, 0.717) is 11.3 Å². The van der Waals surface area contributed by atoms with Crippen LogP contribution in [0, 0.1) is 0 Å². The van der Waals surface area contributed by atoms with Crippen LogP contribution in [0.5, 0.6) is 11.5 Å². The van der Waals surface area contributed by atoms with Crippen molar-refractivity contribution in [2.75, 3.05) is 4.90 Å². The van der Waals surface area contributed by atoms with Crippen molar-refractivity contribution >= 4 is 76.1 Å². The van der Waals surface area contributed by atoms with Crippen LogP contribution >= 0.6 is 46.4 Å². The number of nitrogens with zero attached hydrogens (tertiary/aromatic N) is 1. The van der Waals surface area contributed by atoms with Crippen LogP contribution < -0.4 is 4.90 Å². The molecule has 0 unspecified atom stereocenters. The molecule has 2 amide bonds. The van der Waals surface area contributed by atoms with E-state index in [1.54, 1.807) is 42.5 Å². The average Bonchev–Trinajstić information content (AvgIpc) is 3.02. The second-order valence-corrected chi connectivity index (χ2v) is 8.14. The lowest BCUT2D eigenvalue weighted by Crippen LogP contribution is -2.29. The largest absolute Gasteiger partial charge is 0.504 e. The van der Waals surface area contributed by atoms with Crippen LogP contribution in [-0.2, 0) is 0 Å². The van der Waals surface area contributed by atoms with Crippen LogP contribution in [0.1, 0.15) is 31.8 Å². The van der Waals surface area contributed by atoms with E-state index in [1.165, 1.54) is 12.1 Å². The zero-order chi connectivity index (χ0) is 22.4. The Kier molecular flexibility index (Phi) is 5.62. The molecule has 1 heterocycles. The number of anilines is 1. The monoisotopic (exact) mass is 493 g/mol. The van der Waals surface area contributed by atoms with Crippen LogP contribution in [0.15, 0.2) is 42.5 Å². The number of phenolic OH excluding ortho intramolecular Hbond substituents is 2. The van der Waals surface area contributed by atoms with E-state index in [0.717, 1.165) is 10.5 Å². The Morgan fingerprint density at radius 2 is 1.13 bits per heavy atom. The molecule has 4 rings (SSSR count). The lowest BCUT2D eigenvalue weighted by atomic mass is 10.1. The van der Waals surface area contributed by atoms with Gasteiger partial charge >= 0.3 is 0 Å². The van der Waals surface area contributed by atoms with E-state index in [9.17, 15) is 19.8 Å². The molecule has 0 radical (unpaired) electrons. The fraction of sp³-hybridized carbons (Fsp3) is 0. The van der Waals surface area contributed by atoms with Gasteiger partial charge in [0.1, 0.15) is 0 Å². The van der Waals surface area contributed by atoms with E-state index >= 15 is 0 Å². The minimum Gasteiger partial charge on any atom is -0.504 e. The van der Waals surface area contributed by atoms with Gasteiger partial charge in [0, 0.05) is 0 Å². The number of hydrogen-bond acceptors (Lipinski definition) is 4. The van der Waals surface area contributed by atoms with Gasteiger partial charge in [-0.05, 0) is 35.4 Å². The van der Waals surface area contributed by atoms with Gasteiger partial charge in [0.2, 0.25) is 0 Å². The zero-order valence-corrected chi connectivity index (χ0v) is 18.4. The van der Waals surface area contributed by atoms with Gasteiger partial charge < -0.3 is 10.2 Å². The van der Waals surface area contributed by atoms with Crippen molar-refractivity contribution in [3.05, 3.63) is 84.8 Å². The van der Waals surface area contributed by atoms with Crippen molar-refractivity contribution in [1.82, 2.24) is 0 Å². The normalized spacial score (nSPS) is 13.4. The molecule has 0 atom stereocenters. The van der Waals surface area contributed by atoms with Gasteiger partial charge in [-0.25, -0.2) is 4.90 Å². The molecule has 0 aliphatic carbocycles. The standard InChI is InChI=1S/C22H11Cl4NO4/c23-17-15-16(18(24)20(26)19(17)25)22(31)27(21(15)30)12-6-3-10(4-7-12)1-2-11-5-8-13(28)14(29)9-11/h1-9,28-29H/b2-1+. The summed E-state index contributed by atoms with van der Waals surface area (Å²) in [6.07, 6.45) is 3.50. The maximum atomic E-state index is 12.9. The first-order chi connectivity index (χ1) is 14.7. The van der Waals surface area contributed by atoms with Crippen LogP contribution in [0.25, 0.3) is 12.2 Å². The molecular formula is C22H11Cl4NO4. The maximum Gasteiger partial charge on any atom is 0.267 e. The number of hydrogen-bond donors (Lipinski definition) is 2. The molecule has 0 saturated heterocycles. The molecule has 0 saturated carbocycles. The average molecular weight is 495 g/mol. The third-order valence-electron chi connectivity index (χ3n) is 4.72. The number of fused-ring (bicyclic) bond motifs is 1. The van der Waals surface area contributed by atoms with Gasteiger partial charge in [-0.1, -0.05) is 76.8 Å². The van der Waals surface area contributed by atoms with Gasteiger partial charge in [-0.3, -0.25) is 9.59 Å². The summed E-state index contributed by atoms with van der Waals surface area (Å²) in [5, 5.41) is 18.5. The van der Waals surface area contributed by atoms with E-state index in [2.05, 4.69) is 0 Å². The molecule has 2 N–H and O–H groups in total. The quantitative estimate of drug-likeness (QED) is 0.140. The summed E-state index contributed by atoms with van der Waals surface area (Å²) in [7, 11) is 0. The van der Waals surface area contributed by atoms with Crippen LogP contribution in [-0.4, -0.2) is 22.0 Å². The van der Waals surface area contributed by atoms with Crippen molar-refractivity contribution < 1.29 is 19.8 Å². The van der Waals surface area contributed by atoms with Gasteiger partial charge in [-0.2, -0.15) is 0 Å². The predicted octanol–water partition coefficient (Wildman–Crippen LogP) is 6.68.